The van der Waals surface area contributed by atoms with E-state index in [2.05, 4.69) is 5.32 Å². The molecule has 7 nitrogen and oxygen atoms in total. The smallest absolute Gasteiger partial charge is 0.276 e. The average Bonchev–Trinajstić information content (AvgIpc) is 1.90. The molecule has 82 valence electrons. The molecule has 1 aliphatic heterocycles. The summed E-state index contributed by atoms with van der Waals surface area (Å²) in [5.74, 6) is -0.208. The summed E-state index contributed by atoms with van der Waals surface area (Å²) in [6, 6.07) is 0. The van der Waals surface area contributed by atoms with E-state index in [1.165, 1.54) is 4.31 Å². The summed E-state index contributed by atoms with van der Waals surface area (Å²) in [7, 11) is -3.53. The summed E-state index contributed by atoms with van der Waals surface area (Å²) < 4.78 is 22.7. The summed E-state index contributed by atoms with van der Waals surface area (Å²) in [5.41, 5.74) is 4.91. The zero-order chi connectivity index (χ0) is 10.8. The van der Waals surface area contributed by atoms with Crippen molar-refractivity contribution in [3.63, 3.8) is 0 Å². The Morgan fingerprint density at radius 3 is 2.50 bits per heavy atom. The summed E-state index contributed by atoms with van der Waals surface area (Å²) in [6.45, 7) is 1.51. The summed E-state index contributed by atoms with van der Waals surface area (Å²) >= 11 is 0. The van der Waals surface area contributed by atoms with Gasteiger partial charge in [0.05, 0.1) is 6.54 Å². The van der Waals surface area contributed by atoms with Gasteiger partial charge in [0.25, 0.3) is 10.2 Å². The van der Waals surface area contributed by atoms with E-state index in [9.17, 15) is 13.2 Å². The Balaban J connectivity index is 2.14. The molecule has 1 rings (SSSR count). The van der Waals surface area contributed by atoms with Gasteiger partial charge in [-0.1, -0.05) is 0 Å². The van der Waals surface area contributed by atoms with Crippen LogP contribution in [0.15, 0.2) is 0 Å². The minimum absolute atomic E-state index is 0.117. The number of nitrogens with one attached hydrogen (secondary N) is 1. The number of nitrogens with two attached hydrogens (primary N) is 2. The van der Waals surface area contributed by atoms with Gasteiger partial charge in [0, 0.05) is 19.6 Å². The minimum atomic E-state index is -3.53. The molecule has 0 aliphatic carbocycles. The van der Waals surface area contributed by atoms with Crippen LogP contribution < -0.4 is 16.2 Å². The largest absolute Gasteiger partial charge is 0.369 e. The van der Waals surface area contributed by atoms with Gasteiger partial charge >= 0.3 is 0 Å². The van der Waals surface area contributed by atoms with E-state index < -0.39 is 16.1 Å². The fourth-order valence-electron chi connectivity index (χ4n) is 1.26. The molecule has 0 aromatic rings. The zero-order valence-electron chi connectivity index (χ0n) is 7.64. The van der Waals surface area contributed by atoms with Gasteiger partial charge in [-0.3, -0.25) is 4.79 Å². The first-order valence-electron chi connectivity index (χ1n) is 4.16. The van der Waals surface area contributed by atoms with E-state index in [4.69, 9.17) is 10.9 Å². The second kappa shape index (κ2) is 4.22. The highest BCUT2D eigenvalue weighted by atomic mass is 32.2. The zero-order valence-corrected chi connectivity index (χ0v) is 8.46. The predicted octanol–water partition coefficient (Wildman–Crippen LogP) is -2.80. The number of amides is 1. The molecular weight excluding hydrogens is 208 g/mol. The number of primary amides is 1. The van der Waals surface area contributed by atoms with E-state index >= 15 is 0 Å². The topological polar surface area (TPSA) is 119 Å². The van der Waals surface area contributed by atoms with Gasteiger partial charge in [-0.25, -0.2) is 5.14 Å². The maximum atomic E-state index is 10.8. The molecule has 1 fully saturated rings. The Morgan fingerprint density at radius 2 is 2.07 bits per heavy atom. The summed E-state index contributed by atoms with van der Waals surface area (Å²) in [6.07, 6.45) is 0. The first kappa shape index (κ1) is 11.4. The van der Waals surface area contributed by atoms with Crippen molar-refractivity contribution in [2.45, 2.75) is 0 Å². The Kier molecular flexibility index (Phi) is 3.43. The van der Waals surface area contributed by atoms with E-state index in [0.29, 0.717) is 19.6 Å². The van der Waals surface area contributed by atoms with Crippen molar-refractivity contribution >= 4 is 16.1 Å². The van der Waals surface area contributed by atoms with Crippen LogP contribution in [0.5, 0.6) is 0 Å². The lowest BCUT2D eigenvalue weighted by Crippen LogP contribution is -2.55. The number of rotatable bonds is 5. The molecule has 0 aromatic carbocycles. The van der Waals surface area contributed by atoms with Crippen LogP contribution in [0.1, 0.15) is 0 Å². The molecule has 0 atom stereocenters. The third-order valence-corrected chi connectivity index (χ3v) is 3.03. The van der Waals surface area contributed by atoms with E-state index in [1.54, 1.807) is 0 Å². The van der Waals surface area contributed by atoms with E-state index in [0.717, 1.165) is 0 Å². The summed E-state index contributed by atoms with van der Waals surface area (Å²) in [5, 5.41) is 7.71. The molecule has 0 spiro atoms. The molecule has 0 saturated carbocycles. The lowest BCUT2D eigenvalue weighted by atomic mass is 10.0. The van der Waals surface area contributed by atoms with Crippen LogP contribution in [0.4, 0.5) is 0 Å². The highest BCUT2D eigenvalue weighted by Crippen LogP contribution is 2.16. The van der Waals surface area contributed by atoms with Crippen LogP contribution >= 0.6 is 0 Å². The molecule has 1 saturated heterocycles. The molecule has 1 heterocycles. The molecule has 8 heteroatoms. The molecule has 1 amide bonds. The average molecular weight is 222 g/mol. The fourth-order valence-corrected chi connectivity index (χ4v) is 2.10. The van der Waals surface area contributed by atoms with Gasteiger partial charge in [-0.05, 0) is 5.92 Å². The monoisotopic (exact) mass is 222 g/mol. The standard InChI is InChI=1S/C6H14N4O3S/c7-6(11)2-9-1-5-3-10(4-5)14(8,12)13/h5,9H,1-4H2,(H2,7,11)(H2,8,12,13). The lowest BCUT2D eigenvalue weighted by molar-refractivity contribution is -0.117. The highest BCUT2D eigenvalue weighted by molar-refractivity contribution is 7.86. The Hall–Kier alpha value is -0.700. The maximum absolute atomic E-state index is 10.8. The van der Waals surface area contributed by atoms with Crippen LogP contribution in [0.25, 0.3) is 0 Å². The van der Waals surface area contributed by atoms with Crippen molar-refractivity contribution < 1.29 is 13.2 Å². The van der Waals surface area contributed by atoms with Crippen molar-refractivity contribution in [2.75, 3.05) is 26.2 Å². The van der Waals surface area contributed by atoms with Crippen molar-refractivity contribution in [1.82, 2.24) is 9.62 Å². The highest BCUT2D eigenvalue weighted by Gasteiger charge is 2.33. The van der Waals surface area contributed by atoms with Crippen LogP contribution in [-0.2, 0) is 15.0 Å². The predicted molar refractivity (Wildman–Crippen MR) is 50.2 cm³/mol. The molecule has 0 radical (unpaired) electrons. The molecule has 0 bridgehead atoms. The van der Waals surface area contributed by atoms with Crippen LogP contribution in [-0.4, -0.2) is 44.8 Å². The van der Waals surface area contributed by atoms with Crippen LogP contribution in [0.3, 0.4) is 0 Å². The second-order valence-electron chi connectivity index (χ2n) is 3.33. The number of carbonyl (C=O) groups excluding carboxylic acids is 1. The van der Waals surface area contributed by atoms with Crippen LogP contribution in [0.2, 0.25) is 0 Å². The Bertz CT molecular complexity index is 309. The van der Waals surface area contributed by atoms with Gasteiger partial charge in [0.1, 0.15) is 0 Å². The molecule has 14 heavy (non-hydrogen) atoms. The third kappa shape index (κ3) is 3.22. The number of hydrogen-bond acceptors (Lipinski definition) is 4. The van der Waals surface area contributed by atoms with Gasteiger partial charge in [0.15, 0.2) is 0 Å². The number of nitrogens with zero attached hydrogens (tertiary/aromatic N) is 1. The molecule has 1 aliphatic rings. The lowest BCUT2D eigenvalue weighted by Gasteiger charge is -2.36. The third-order valence-electron chi connectivity index (χ3n) is 2.02. The first-order chi connectivity index (χ1) is 6.39. The first-order valence-corrected chi connectivity index (χ1v) is 5.67. The van der Waals surface area contributed by atoms with E-state index in [1.807, 2.05) is 0 Å². The molecule has 0 unspecified atom stereocenters. The Labute approximate surface area is 82.6 Å². The van der Waals surface area contributed by atoms with Gasteiger partial charge in [-0.2, -0.15) is 12.7 Å². The molecular formula is C6H14N4O3S. The van der Waals surface area contributed by atoms with E-state index in [-0.39, 0.29) is 12.5 Å². The molecule has 0 aromatic heterocycles. The molecule has 5 N–H and O–H groups in total. The van der Waals surface area contributed by atoms with Crippen LogP contribution in [0, 0.1) is 5.92 Å². The normalized spacial score (nSPS) is 19.2. The van der Waals surface area contributed by atoms with Crippen molar-refractivity contribution in [3.8, 4) is 0 Å². The van der Waals surface area contributed by atoms with Gasteiger partial charge < -0.3 is 11.1 Å². The van der Waals surface area contributed by atoms with Crippen molar-refractivity contribution in [1.29, 1.82) is 0 Å². The number of hydrogen-bond donors (Lipinski definition) is 3. The quantitative estimate of drug-likeness (QED) is 0.465. The SMILES string of the molecule is NC(=O)CNCC1CN(S(N)(=O)=O)C1. The summed E-state index contributed by atoms with van der Waals surface area (Å²) in [4.78, 5) is 10.3. The van der Waals surface area contributed by atoms with Crippen molar-refractivity contribution in [2.24, 2.45) is 16.8 Å². The second-order valence-corrected chi connectivity index (χ2v) is 4.87. The minimum Gasteiger partial charge on any atom is -0.369 e. The van der Waals surface area contributed by atoms with Gasteiger partial charge in [0.2, 0.25) is 5.91 Å². The van der Waals surface area contributed by atoms with Crippen molar-refractivity contribution in [3.05, 3.63) is 0 Å². The maximum Gasteiger partial charge on any atom is 0.276 e. The Morgan fingerprint density at radius 1 is 1.50 bits per heavy atom. The van der Waals surface area contributed by atoms with Gasteiger partial charge in [-0.15, -0.1) is 0 Å². The fraction of sp³-hybridized carbons (Fsp3) is 0.833. The number of carbonyl (C=O) groups is 1.